The molecule has 2 N–H and O–H groups in total. The van der Waals surface area contributed by atoms with Crippen LogP contribution in [0.4, 0.5) is 11.9 Å². The highest BCUT2D eigenvalue weighted by Gasteiger charge is 2.36. The van der Waals surface area contributed by atoms with Crippen LogP contribution in [0.1, 0.15) is 51.9 Å². The summed E-state index contributed by atoms with van der Waals surface area (Å²) in [6, 6.07) is 0.331. The summed E-state index contributed by atoms with van der Waals surface area (Å²) in [7, 11) is 0. The summed E-state index contributed by atoms with van der Waals surface area (Å²) in [6.07, 6.45) is 9.47. The molecular weight excluding hydrogens is 266 g/mol. The second-order valence-electron chi connectivity index (χ2n) is 6.26. The van der Waals surface area contributed by atoms with Crippen molar-refractivity contribution in [3.05, 3.63) is 0 Å². The van der Waals surface area contributed by atoms with Crippen LogP contribution in [-0.2, 0) is 0 Å². The van der Waals surface area contributed by atoms with Gasteiger partial charge in [0.25, 0.3) is 0 Å². The van der Waals surface area contributed by atoms with Crippen LogP contribution in [0.5, 0.6) is 6.01 Å². The molecule has 0 unspecified atom stereocenters. The molecule has 1 saturated heterocycles. The first-order chi connectivity index (χ1) is 10.2. The number of nitrogens with two attached hydrogens (primary N) is 1. The van der Waals surface area contributed by atoms with Crippen molar-refractivity contribution in [2.45, 2.75) is 51.9 Å². The maximum absolute atomic E-state index is 5.76. The van der Waals surface area contributed by atoms with Gasteiger partial charge in [-0.05, 0) is 38.0 Å². The van der Waals surface area contributed by atoms with Gasteiger partial charge in [0.05, 0.1) is 6.61 Å². The Morgan fingerprint density at radius 1 is 1.05 bits per heavy atom. The molecule has 6 heteroatoms. The van der Waals surface area contributed by atoms with Crippen LogP contribution in [0.15, 0.2) is 0 Å². The zero-order chi connectivity index (χ0) is 14.7. The molecule has 0 aromatic carbocycles. The van der Waals surface area contributed by atoms with Gasteiger partial charge in [-0.1, -0.05) is 19.3 Å². The van der Waals surface area contributed by atoms with Crippen LogP contribution in [0.3, 0.4) is 0 Å². The van der Waals surface area contributed by atoms with Gasteiger partial charge < -0.3 is 15.4 Å². The molecule has 0 amide bonds. The van der Waals surface area contributed by atoms with Crippen molar-refractivity contribution >= 4 is 11.9 Å². The first-order valence-corrected chi connectivity index (χ1v) is 8.10. The fraction of sp³-hybridized carbons (Fsp3) is 0.800. The normalized spacial score (nSPS) is 21.5. The quantitative estimate of drug-likeness (QED) is 0.921. The molecular formula is C15H25N5O. The number of piperidine rings is 1. The molecule has 1 aromatic rings. The van der Waals surface area contributed by atoms with Crippen molar-refractivity contribution in [3.63, 3.8) is 0 Å². The summed E-state index contributed by atoms with van der Waals surface area (Å²) >= 11 is 0. The number of hydrogen-bond donors (Lipinski definition) is 1. The molecule has 2 fully saturated rings. The summed E-state index contributed by atoms with van der Waals surface area (Å²) in [4.78, 5) is 14.9. The van der Waals surface area contributed by atoms with Gasteiger partial charge in [0.1, 0.15) is 0 Å². The summed E-state index contributed by atoms with van der Waals surface area (Å²) in [5, 5.41) is 0. The first-order valence-electron chi connectivity index (χ1n) is 8.10. The van der Waals surface area contributed by atoms with E-state index >= 15 is 0 Å². The second kappa shape index (κ2) is 6.03. The maximum atomic E-state index is 5.76. The molecule has 0 atom stereocenters. The number of ether oxygens (including phenoxy) is 1. The van der Waals surface area contributed by atoms with Gasteiger partial charge >= 0.3 is 6.01 Å². The van der Waals surface area contributed by atoms with Gasteiger partial charge in [0.2, 0.25) is 11.9 Å². The number of rotatable bonds is 3. The molecule has 2 aliphatic rings. The summed E-state index contributed by atoms with van der Waals surface area (Å²) in [6.45, 7) is 4.46. The minimum atomic E-state index is 0.237. The smallest absolute Gasteiger partial charge is 0.323 e. The topological polar surface area (TPSA) is 77.2 Å². The lowest BCUT2D eigenvalue weighted by atomic mass is 9.68. The second-order valence-corrected chi connectivity index (χ2v) is 6.26. The molecule has 1 aliphatic carbocycles. The van der Waals surface area contributed by atoms with Gasteiger partial charge in [-0.3, -0.25) is 0 Å². The standard InChI is InChI=1S/C15H25N5O/c1-2-21-14-18-12(16)17-13(19-14)20-10-8-15(9-11-20)6-4-3-5-7-15/h2-11H2,1H3,(H2,16,17,18,19). The molecule has 0 radical (unpaired) electrons. The predicted molar refractivity (Wildman–Crippen MR) is 82.4 cm³/mol. The largest absolute Gasteiger partial charge is 0.464 e. The fourth-order valence-electron chi connectivity index (χ4n) is 3.68. The van der Waals surface area contributed by atoms with Crippen LogP contribution in [0.25, 0.3) is 0 Å². The van der Waals surface area contributed by atoms with E-state index in [1.807, 2.05) is 6.92 Å². The molecule has 21 heavy (non-hydrogen) atoms. The Labute approximate surface area is 126 Å². The van der Waals surface area contributed by atoms with E-state index in [4.69, 9.17) is 10.5 Å². The van der Waals surface area contributed by atoms with E-state index in [1.165, 1.54) is 44.9 Å². The summed E-state index contributed by atoms with van der Waals surface area (Å²) in [5.74, 6) is 0.901. The lowest BCUT2D eigenvalue weighted by molar-refractivity contribution is 0.143. The molecule has 1 saturated carbocycles. The zero-order valence-electron chi connectivity index (χ0n) is 12.8. The van der Waals surface area contributed by atoms with Gasteiger partial charge in [0.15, 0.2) is 0 Å². The van der Waals surface area contributed by atoms with E-state index in [1.54, 1.807) is 0 Å². The molecule has 1 aromatic heterocycles. The Balaban J connectivity index is 1.68. The van der Waals surface area contributed by atoms with Gasteiger partial charge in [-0.2, -0.15) is 15.0 Å². The summed E-state index contributed by atoms with van der Waals surface area (Å²) < 4.78 is 5.36. The van der Waals surface area contributed by atoms with Gasteiger partial charge in [-0.25, -0.2) is 0 Å². The van der Waals surface area contributed by atoms with Gasteiger partial charge in [0, 0.05) is 13.1 Å². The van der Waals surface area contributed by atoms with Crippen molar-refractivity contribution in [3.8, 4) is 6.01 Å². The minimum Gasteiger partial charge on any atom is -0.464 e. The number of hydrogen-bond acceptors (Lipinski definition) is 6. The Morgan fingerprint density at radius 3 is 2.43 bits per heavy atom. The van der Waals surface area contributed by atoms with Crippen molar-refractivity contribution in [1.82, 2.24) is 15.0 Å². The molecule has 6 nitrogen and oxygen atoms in total. The highest BCUT2D eigenvalue weighted by molar-refractivity contribution is 5.36. The molecule has 2 heterocycles. The third kappa shape index (κ3) is 3.19. The molecule has 3 rings (SSSR count). The monoisotopic (exact) mass is 291 g/mol. The SMILES string of the molecule is CCOc1nc(N)nc(N2CCC3(CCCCC3)CC2)n1. The average molecular weight is 291 g/mol. The summed E-state index contributed by atoms with van der Waals surface area (Å²) in [5.41, 5.74) is 6.34. The van der Waals surface area contributed by atoms with Crippen LogP contribution in [-0.4, -0.2) is 34.6 Å². The predicted octanol–water partition coefficient (Wildman–Crippen LogP) is 2.40. The van der Waals surface area contributed by atoms with E-state index in [0.717, 1.165) is 13.1 Å². The Kier molecular flexibility index (Phi) is 4.12. The Bertz CT molecular complexity index is 477. The molecule has 1 aliphatic heterocycles. The molecule has 116 valence electrons. The third-order valence-electron chi connectivity index (χ3n) is 4.91. The molecule has 0 bridgehead atoms. The van der Waals surface area contributed by atoms with E-state index in [0.29, 0.717) is 24.0 Å². The Morgan fingerprint density at radius 2 is 1.76 bits per heavy atom. The highest BCUT2D eigenvalue weighted by atomic mass is 16.5. The van der Waals surface area contributed by atoms with Gasteiger partial charge in [-0.15, -0.1) is 0 Å². The minimum absolute atomic E-state index is 0.237. The van der Waals surface area contributed by atoms with Crippen molar-refractivity contribution in [2.75, 3.05) is 30.3 Å². The van der Waals surface area contributed by atoms with E-state index in [2.05, 4.69) is 19.9 Å². The van der Waals surface area contributed by atoms with Crippen LogP contribution < -0.4 is 15.4 Å². The van der Waals surface area contributed by atoms with Crippen LogP contribution in [0, 0.1) is 5.41 Å². The van der Waals surface area contributed by atoms with E-state index in [-0.39, 0.29) is 5.95 Å². The number of nitrogens with zero attached hydrogens (tertiary/aromatic N) is 4. The number of aromatic nitrogens is 3. The zero-order valence-corrected chi connectivity index (χ0v) is 12.8. The maximum Gasteiger partial charge on any atom is 0.323 e. The van der Waals surface area contributed by atoms with Crippen LogP contribution >= 0.6 is 0 Å². The van der Waals surface area contributed by atoms with Crippen LogP contribution in [0.2, 0.25) is 0 Å². The van der Waals surface area contributed by atoms with E-state index < -0.39 is 0 Å². The third-order valence-corrected chi connectivity index (χ3v) is 4.91. The lowest BCUT2D eigenvalue weighted by Gasteiger charge is -2.44. The number of anilines is 2. The lowest BCUT2D eigenvalue weighted by Crippen LogP contribution is -2.42. The average Bonchev–Trinajstić information content (AvgIpc) is 2.48. The van der Waals surface area contributed by atoms with Crippen molar-refractivity contribution in [1.29, 1.82) is 0 Å². The molecule has 1 spiro atoms. The Hall–Kier alpha value is -1.59. The highest BCUT2D eigenvalue weighted by Crippen LogP contribution is 2.44. The van der Waals surface area contributed by atoms with Crippen molar-refractivity contribution in [2.24, 2.45) is 5.41 Å². The van der Waals surface area contributed by atoms with E-state index in [9.17, 15) is 0 Å². The fourth-order valence-corrected chi connectivity index (χ4v) is 3.68. The van der Waals surface area contributed by atoms with Crippen molar-refractivity contribution < 1.29 is 4.74 Å². The first kappa shape index (κ1) is 14.4. The number of nitrogen functional groups attached to an aromatic ring is 1.